The number of amides is 2. The molecule has 0 spiro atoms. The molecule has 5 nitrogen and oxygen atoms in total. The van der Waals surface area contributed by atoms with E-state index in [2.05, 4.69) is 15.3 Å². The summed E-state index contributed by atoms with van der Waals surface area (Å²) in [5, 5.41) is 3.05. The molecule has 2 aromatic carbocycles. The van der Waals surface area contributed by atoms with Crippen molar-refractivity contribution in [1.29, 1.82) is 0 Å². The monoisotopic (exact) mass is 410 g/mol. The molecule has 29 heavy (non-hydrogen) atoms. The van der Waals surface area contributed by atoms with E-state index in [1.807, 2.05) is 41.5 Å². The van der Waals surface area contributed by atoms with Crippen LogP contribution in [-0.4, -0.2) is 33.7 Å². The number of aromatic nitrogens is 2. The zero-order chi connectivity index (χ0) is 20.2. The van der Waals surface area contributed by atoms with Crippen LogP contribution in [0.4, 0.5) is 14.9 Å². The minimum atomic E-state index is -0.287. The van der Waals surface area contributed by atoms with Crippen molar-refractivity contribution in [1.82, 2.24) is 14.9 Å². The van der Waals surface area contributed by atoms with Crippen molar-refractivity contribution >= 4 is 23.5 Å². The third-order valence-electron chi connectivity index (χ3n) is 5.16. The second kappa shape index (κ2) is 8.69. The highest BCUT2D eigenvalue weighted by Gasteiger charge is 2.30. The Morgan fingerprint density at radius 3 is 2.93 bits per heavy atom. The van der Waals surface area contributed by atoms with Gasteiger partial charge in [-0.05, 0) is 49.8 Å². The van der Waals surface area contributed by atoms with Crippen LogP contribution in [0.3, 0.4) is 0 Å². The molecule has 0 radical (unpaired) electrons. The number of para-hydroxylation sites is 1. The standard InChI is InChI=1S/C22H23FN4OS/c1-29-20-11-3-2-9-17(20)26-22(28)27-12-5-4-10-19(27)21-24-14-18(25-21)15-7-6-8-16(23)13-15/h2-3,6-9,11,13-14,19H,4-5,10,12H2,1H3,(H,24,25)(H,26,28)/t19-/m1/s1. The van der Waals surface area contributed by atoms with Gasteiger partial charge >= 0.3 is 6.03 Å². The Balaban J connectivity index is 1.55. The van der Waals surface area contributed by atoms with E-state index in [9.17, 15) is 9.18 Å². The van der Waals surface area contributed by atoms with Crippen molar-refractivity contribution in [3.05, 3.63) is 66.4 Å². The lowest BCUT2D eigenvalue weighted by molar-refractivity contribution is 0.160. The maximum Gasteiger partial charge on any atom is 0.322 e. The molecule has 3 aromatic rings. The van der Waals surface area contributed by atoms with Crippen molar-refractivity contribution < 1.29 is 9.18 Å². The van der Waals surface area contributed by atoms with Crippen molar-refractivity contribution in [2.45, 2.75) is 30.2 Å². The van der Waals surface area contributed by atoms with Crippen LogP contribution >= 0.6 is 11.8 Å². The number of carbonyl (C=O) groups excluding carboxylic acids is 1. The number of anilines is 1. The first-order valence-corrected chi connectivity index (χ1v) is 10.9. The Hall–Kier alpha value is -2.80. The minimum absolute atomic E-state index is 0.125. The van der Waals surface area contributed by atoms with Crippen LogP contribution in [0.25, 0.3) is 11.3 Å². The van der Waals surface area contributed by atoms with Gasteiger partial charge in [0.05, 0.1) is 23.6 Å². The number of H-pyrrole nitrogens is 1. The third kappa shape index (κ3) is 4.29. The number of urea groups is 1. The van der Waals surface area contributed by atoms with Crippen LogP contribution in [0.2, 0.25) is 0 Å². The highest BCUT2D eigenvalue weighted by molar-refractivity contribution is 7.98. The first-order valence-electron chi connectivity index (χ1n) is 9.67. The number of likely N-dealkylation sites (tertiary alicyclic amines) is 1. The van der Waals surface area contributed by atoms with Crippen molar-refractivity contribution in [2.24, 2.45) is 0 Å². The number of aromatic amines is 1. The van der Waals surface area contributed by atoms with Gasteiger partial charge in [0.2, 0.25) is 0 Å². The summed E-state index contributed by atoms with van der Waals surface area (Å²) in [5.74, 6) is 0.446. The number of piperidine rings is 1. The Morgan fingerprint density at radius 2 is 2.10 bits per heavy atom. The summed E-state index contributed by atoms with van der Waals surface area (Å²) in [6.07, 6.45) is 6.54. The van der Waals surface area contributed by atoms with Gasteiger partial charge in [-0.1, -0.05) is 24.3 Å². The highest BCUT2D eigenvalue weighted by Crippen LogP contribution is 2.32. The number of halogens is 1. The minimum Gasteiger partial charge on any atom is -0.340 e. The van der Waals surface area contributed by atoms with Crippen LogP contribution in [-0.2, 0) is 0 Å². The van der Waals surface area contributed by atoms with Gasteiger partial charge in [-0.3, -0.25) is 0 Å². The molecule has 0 saturated carbocycles. The number of carbonyl (C=O) groups is 1. The lowest BCUT2D eigenvalue weighted by atomic mass is 10.0. The van der Waals surface area contributed by atoms with E-state index in [1.54, 1.807) is 24.0 Å². The fourth-order valence-corrected chi connectivity index (χ4v) is 4.26. The molecule has 1 fully saturated rings. The van der Waals surface area contributed by atoms with Crippen LogP contribution in [0.15, 0.2) is 59.6 Å². The molecule has 1 saturated heterocycles. The second-order valence-electron chi connectivity index (χ2n) is 7.03. The fraction of sp³-hybridized carbons (Fsp3) is 0.273. The van der Waals surface area contributed by atoms with Gasteiger partial charge in [0, 0.05) is 17.0 Å². The van der Waals surface area contributed by atoms with E-state index < -0.39 is 0 Å². The Morgan fingerprint density at radius 1 is 1.24 bits per heavy atom. The first-order chi connectivity index (χ1) is 14.2. The van der Waals surface area contributed by atoms with Crippen LogP contribution in [0.5, 0.6) is 0 Å². The molecule has 2 N–H and O–H groups in total. The molecule has 1 atom stereocenters. The van der Waals surface area contributed by atoms with E-state index in [1.165, 1.54) is 12.1 Å². The van der Waals surface area contributed by atoms with Crippen molar-refractivity contribution in [3.8, 4) is 11.3 Å². The molecule has 0 unspecified atom stereocenters. The second-order valence-corrected chi connectivity index (χ2v) is 7.88. The summed E-state index contributed by atoms with van der Waals surface area (Å²) in [4.78, 5) is 23.7. The van der Waals surface area contributed by atoms with Gasteiger partial charge in [0.25, 0.3) is 0 Å². The third-order valence-corrected chi connectivity index (χ3v) is 5.95. The predicted molar refractivity (Wildman–Crippen MR) is 115 cm³/mol. The van der Waals surface area contributed by atoms with Crippen LogP contribution in [0.1, 0.15) is 31.1 Å². The van der Waals surface area contributed by atoms with E-state index in [0.717, 1.165) is 46.9 Å². The number of thioether (sulfide) groups is 1. The SMILES string of the molecule is CSc1ccccc1NC(=O)N1CCCC[C@@H]1c1ncc(-c2cccc(F)c2)[nH]1. The summed E-state index contributed by atoms with van der Waals surface area (Å²) in [6.45, 7) is 0.675. The van der Waals surface area contributed by atoms with Gasteiger partial charge < -0.3 is 15.2 Å². The predicted octanol–water partition coefficient (Wildman–Crippen LogP) is 5.70. The van der Waals surface area contributed by atoms with Crippen LogP contribution < -0.4 is 5.32 Å². The maximum atomic E-state index is 13.6. The Bertz CT molecular complexity index is 1010. The normalized spacial score (nSPS) is 16.6. The summed E-state index contributed by atoms with van der Waals surface area (Å²) >= 11 is 1.60. The fourth-order valence-electron chi connectivity index (χ4n) is 3.70. The molecule has 2 amide bonds. The average molecular weight is 411 g/mol. The lowest BCUT2D eigenvalue weighted by Crippen LogP contribution is -2.41. The first kappa shape index (κ1) is 19.5. The zero-order valence-corrected chi connectivity index (χ0v) is 17.0. The number of imidazole rings is 1. The Kier molecular flexibility index (Phi) is 5.85. The lowest BCUT2D eigenvalue weighted by Gasteiger charge is -2.34. The molecular weight excluding hydrogens is 387 g/mol. The molecule has 4 rings (SSSR count). The quantitative estimate of drug-likeness (QED) is 0.543. The molecular formula is C22H23FN4OS. The number of rotatable bonds is 4. The van der Waals surface area contributed by atoms with E-state index in [-0.39, 0.29) is 17.9 Å². The molecule has 2 heterocycles. The van der Waals surface area contributed by atoms with Crippen LogP contribution in [0, 0.1) is 5.82 Å². The molecule has 1 aliphatic rings. The van der Waals surface area contributed by atoms with Gasteiger partial charge in [-0.15, -0.1) is 11.8 Å². The van der Waals surface area contributed by atoms with Gasteiger partial charge in [0.1, 0.15) is 11.6 Å². The topological polar surface area (TPSA) is 61.0 Å². The smallest absolute Gasteiger partial charge is 0.322 e. The molecule has 0 bridgehead atoms. The molecule has 7 heteroatoms. The number of benzene rings is 2. The number of nitrogens with zero attached hydrogens (tertiary/aromatic N) is 2. The van der Waals surface area contributed by atoms with E-state index >= 15 is 0 Å². The maximum absolute atomic E-state index is 13.6. The summed E-state index contributed by atoms with van der Waals surface area (Å²) < 4.78 is 13.6. The zero-order valence-electron chi connectivity index (χ0n) is 16.2. The van der Waals surface area contributed by atoms with Gasteiger partial charge in [0.15, 0.2) is 0 Å². The molecule has 0 aliphatic carbocycles. The number of hydrogen-bond acceptors (Lipinski definition) is 3. The largest absolute Gasteiger partial charge is 0.340 e. The highest BCUT2D eigenvalue weighted by atomic mass is 32.2. The Labute approximate surface area is 173 Å². The van der Waals surface area contributed by atoms with E-state index in [4.69, 9.17) is 0 Å². The summed E-state index contributed by atoms with van der Waals surface area (Å²) in [7, 11) is 0. The number of hydrogen-bond donors (Lipinski definition) is 2. The average Bonchev–Trinajstić information content (AvgIpc) is 3.24. The van der Waals surface area contributed by atoms with Gasteiger partial charge in [-0.2, -0.15) is 0 Å². The van der Waals surface area contributed by atoms with Crippen molar-refractivity contribution in [2.75, 3.05) is 18.1 Å². The molecule has 1 aliphatic heterocycles. The summed E-state index contributed by atoms with van der Waals surface area (Å²) in [5.41, 5.74) is 2.30. The summed E-state index contributed by atoms with van der Waals surface area (Å²) in [6, 6.07) is 13.9. The van der Waals surface area contributed by atoms with E-state index in [0.29, 0.717) is 6.54 Å². The molecule has 150 valence electrons. The molecule has 1 aromatic heterocycles. The van der Waals surface area contributed by atoms with Gasteiger partial charge in [-0.25, -0.2) is 14.2 Å². The van der Waals surface area contributed by atoms with Crippen molar-refractivity contribution in [3.63, 3.8) is 0 Å². The number of nitrogens with one attached hydrogen (secondary N) is 2.